The molecular weight excluding hydrogens is 270 g/mol. The van der Waals surface area contributed by atoms with Crippen LogP contribution < -0.4 is 4.72 Å². The van der Waals surface area contributed by atoms with Crippen molar-refractivity contribution in [3.05, 3.63) is 65.7 Å². The van der Waals surface area contributed by atoms with E-state index in [9.17, 15) is 8.42 Å². The molecule has 20 heavy (non-hydrogen) atoms. The summed E-state index contributed by atoms with van der Waals surface area (Å²) >= 11 is 0. The third kappa shape index (κ3) is 3.08. The quantitative estimate of drug-likeness (QED) is 0.918. The third-order valence-corrected chi connectivity index (χ3v) is 4.93. The molecule has 3 rings (SSSR count). The van der Waals surface area contributed by atoms with E-state index in [-0.39, 0.29) is 0 Å². The first-order chi connectivity index (χ1) is 9.65. The number of nitrogens with one attached hydrogen (secondary N) is 1. The van der Waals surface area contributed by atoms with Crippen LogP contribution in [0.25, 0.3) is 0 Å². The zero-order chi connectivity index (χ0) is 14.0. The van der Waals surface area contributed by atoms with Gasteiger partial charge in [-0.2, -0.15) is 0 Å². The van der Waals surface area contributed by atoms with E-state index < -0.39 is 10.0 Å². The molecular formula is C16H17NO2S. The summed E-state index contributed by atoms with van der Waals surface area (Å²) in [5, 5.41) is 0. The Hall–Kier alpha value is -1.65. The molecule has 0 radical (unpaired) electrons. The largest absolute Gasteiger partial charge is 0.240 e. The summed E-state index contributed by atoms with van der Waals surface area (Å²) < 4.78 is 27.2. The SMILES string of the molecule is O=S(=O)(NCc1ccccc1)c1cccc(C2CC2)c1. The highest BCUT2D eigenvalue weighted by Crippen LogP contribution is 2.40. The standard InChI is InChI=1S/C16H17NO2S/c18-20(19,17-12-13-5-2-1-3-6-13)16-8-4-7-15(11-16)14-9-10-14/h1-8,11,14,17H,9-10,12H2. The minimum Gasteiger partial charge on any atom is -0.207 e. The van der Waals surface area contributed by atoms with E-state index in [0.29, 0.717) is 17.4 Å². The highest BCUT2D eigenvalue weighted by atomic mass is 32.2. The lowest BCUT2D eigenvalue weighted by Gasteiger charge is -2.08. The van der Waals surface area contributed by atoms with Gasteiger partial charge in [-0.3, -0.25) is 0 Å². The van der Waals surface area contributed by atoms with Crippen LogP contribution in [-0.4, -0.2) is 8.42 Å². The lowest BCUT2D eigenvalue weighted by molar-refractivity contribution is 0.581. The molecule has 1 saturated carbocycles. The normalized spacial score (nSPS) is 15.2. The van der Waals surface area contributed by atoms with E-state index in [1.165, 1.54) is 12.8 Å². The summed E-state index contributed by atoms with van der Waals surface area (Å²) in [6.45, 7) is 0.316. The Balaban J connectivity index is 1.76. The van der Waals surface area contributed by atoms with E-state index in [1.807, 2.05) is 42.5 Å². The van der Waals surface area contributed by atoms with Crippen molar-refractivity contribution in [1.29, 1.82) is 0 Å². The van der Waals surface area contributed by atoms with E-state index in [0.717, 1.165) is 11.1 Å². The fraction of sp³-hybridized carbons (Fsp3) is 0.250. The Morgan fingerprint density at radius 3 is 2.45 bits per heavy atom. The minimum atomic E-state index is -3.44. The van der Waals surface area contributed by atoms with Crippen LogP contribution in [0.3, 0.4) is 0 Å². The molecule has 0 saturated heterocycles. The Bertz CT molecular complexity index is 691. The van der Waals surface area contributed by atoms with Crippen molar-refractivity contribution in [1.82, 2.24) is 4.72 Å². The first-order valence-electron chi connectivity index (χ1n) is 6.79. The molecule has 1 fully saturated rings. The zero-order valence-electron chi connectivity index (χ0n) is 11.1. The van der Waals surface area contributed by atoms with Crippen LogP contribution in [0.15, 0.2) is 59.5 Å². The maximum absolute atomic E-state index is 12.3. The van der Waals surface area contributed by atoms with Crippen molar-refractivity contribution in [3.63, 3.8) is 0 Å². The second kappa shape index (κ2) is 5.38. The molecule has 2 aromatic rings. The van der Waals surface area contributed by atoms with Crippen molar-refractivity contribution in [2.24, 2.45) is 0 Å². The Morgan fingerprint density at radius 1 is 1.00 bits per heavy atom. The fourth-order valence-electron chi connectivity index (χ4n) is 2.21. The predicted octanol–water partition coefficient (Wildman–Crippen LogP) is 3.04. The molecule has 0 bridgehead atoms. The van der Waals surface area contributed by atoms with Gasteiger partial charge in [0.2, 0.25) is 10.0 Å². The van der Waals surface area contributed by atoms with Gasteiger partial charge in [0.1, 0.15) is 0 Å². The van der Waals surface area contributed by atoms with Gasteiger partial charge in [0.15, 0.2) is 0 Å². The maximum atomic E-state index is 12.3. The van der Waals surface area contributed by atoms with Crippen molar-refractivity contribution in [2.45, 2.75) is 30.2 Å². The number of rotatable bonds is 5. The highest BCUT2D eigenvalue weighted by Gasteiger charge is 2.25. The van der Waals surface area contributed by atoms with Crippen molar-refractivity contribution >= 4 is 10.0 Å². The summed E-state index contributed by atoms with van der Waals surface area (Å²) in [5.74, 6) is 0.555. The van der Waals surface area contributed by atoms with Gasteiger partial charge in [0.05, 0.1) is 4.90 Å². The van der Waals surface area contributed by atoms with Crippen LogP contribution in [0, 0.1) is 0 Å². The summed E-state index contributed by atoms with van der Waals surface area (Å²) in [6, 6.07) is 16.8. The van der Waals surface area contributed by atoms with Gasteiger partial charge in [-0.05, 0) is 42.0 Å². The Morgan fingerprint density at radius 2 is 1.75 bits per heavy atom. The fourth-order valence-corrected chi connectivity index (χ4v) is 3.28. The Kier molecular flexibility index (Phi) is 3.59. The molecule has 3 nitrogen and oxygen atoms in total. The number of sulfonamides is 1. The van der Waals surface area contributed by atoms with Gasteiger partial charge in [0, 0.05) is 6.54 Å². The van der Waals surface area contributed by atoms with Crippen LogP contribution >= 0.6 is 0 Å². The predicted molar refractivity (Wildman–Crippen MR) is 78.9 cm³/mol. The van der Waals surface area contributed by atoms with E-state index in [2.05, 4.69) is 4.72 Å². The number of benzene rings is 2. The summed E-state index contributed by atoms with van der Waals surface area (Å²) in [6.07, 6.45) is 2.34. The number of hydrogen-bond acceptors (Lipinski definition) is 2. The van der Waals surface area contributed by atoms with Crippen LogP contribution in [-0.2, 0) is 16.6 Å². The zero-order valence-corrected chi connectivity index (χ0v) is 11.9. The molecule has 2 aromatic carbocycles. The topological polar surface area (TPSA) is 46.2 Å². The second-order valence-electron chi connectivity index (χ2n) is 5.16. The van der Waals surface area contributed by atoms with Gasteiger partial charge in [-0.25, -0.2) is 13.1 Å². The second-order valence-corrected chi connectivity index (χ2v) is 6.92. The molecule has 1 aliphatic rings. The van der Waals surface area contributed by atoms with Crippen LogP contribution in [0.4, 0.5) is 0 Å². The van der Waals surface area contributed by atoms with Crippen LogP contribution in [0.5, 0.6) is 0 Å². The molecule has 4 heteroatoms. The number of hydrogen-bond donors (Lipinski definition) is 1. The van der Waals surface area contributed by atoms with E-state index in [4.69, 9.17) is 0 Å². The van der Waals surface area contributed by atoms with Gasteiger partial charge >= 0.3 is 0 Å². The molecule has 0 amide bonds. The molecule has 0 aliphatic heterocycles. The lowest BCUT2D eigenvalue weighted by Crippen LogP contribution is -2.23. The molecule has 0 spiro atoms. The molecule has 0 atom stereocenters. The lowest BCUT2D eigenvalue weighted by atomic mass is 10.1. The molecule has 0 unspecified atom stereocenters. The molecule has 0 aromatic heterocycles. The van der Waals surface area contributed by atoms with E-state index >= 15 is 0 Å². The van der Waals surface area contributed by atoms with Crippen molar-refractivity contribution in [3.8, 4) is 0 Å². The van der Waals surface area contributed by atoms with Gasteiger partial charge in [-0.1, -0.05) is 42.5 Å². The van der Waals surface area contributed by atoms with Crippen molar-refractivity contribution < 1.29 is 8.42 Å². The average molecular weight is 287 g/mol. The third-order valence-electron chi connectivity index (χ3n) is 3.53. The summed E-state index contributed by atoms with van der Waals surface area (Å²) in [7, 11) is -3.44. The van der Waals surface area contributed by atoms with Gasteiger partial charge < -0.3 is 0 Å². The van der Waals surface area contributed by atoms with Crippen LogP contribution in [0.1, 0.15) is 29.9 Å². The Labute approximate surface area is 119 Å². The summed E-state index contributed by atoms with van der Waals surface area (Å²) in [4.78, 5) is 0.359. The highest BCUT2D eigenvalue weighted by molar-refractivity contribution is 7.89. The molecule has 1 N–H and O–H groups in total. The monoisotopic (exact) mass is 287 g/mol. The average Bonchev–Trinajstić information content (AvgIpc) is 3.31. The van der Waals surface area contributed by atoms with Crippen molar-refractivity contribution in [2.75, 3.05) is 0 Å². The molecule has 104 valence electrons. The first-order valence-corrected chi connectivity index (χ1v) is 8.27. The minimum absolute atomic E-state index is 0.316. The van der Waals surface area contributed by atoms with Crippen LogP contribution in [0.2, 0.25) is 0 Å². The first kappa shape index (κ1) is 13.3. The van der Waals surface area contributed by atoms with Gasteiger partial charge in [-0.15, -0.1) is 0 Å². The van der Waals surface area contributed by atoms with E-state index in [1.54, 1.807) is 12.1 Å². The van der Waals surface area contributed by atoms with Gasteiger partial charge in [0.25, 0.3) is 0 Å². The smallest absolute Gasteiger partial charge is 0.207 e. The maximum Gasteiger partial charge on any atom is 0.240 e. The molecule has 1 aliphatic carbocycles. The molecule has 0 heterocycles. The summed E-state index contributed by atoms with van der Waals surface area (Å²) in [5.41, 5.74) is 2.09.